The summed E-state index contributed by atoms with van der Waals surface area (Å²) in [6.45, 7) is 8.07. The molecule has 5 heteroatoms. The molecule has 0 aliphatic heterocycles. The number of amides is 1. The van der Waals surface area contributed by atoms with E-state index in [-0.39, 0.29) is 11.7 Å². The molecule has 0 aliphatic carbocycles. The Morgan fingerprint density at radius 1 is 1.50 bits per heavy atom. The third-order valence-electron chi connectivity index (χ3n) is 1.60. The van der Waals surface area contributed by atoms with Crippen molar-refractivity contribution in [3.05, 3.63) is 37.5 Å². The Morgan fingerprint density at radius 2 is 2.14 bits per heavy atom. The van der Waals surface area contributed by atoms with Crippen molar-refractivity contribution in [2.75, 3.05) is 13.1 Å². The van der Waals surface area contributed by atoms with E-state index >= 15 is 0 Å². The lowest BCUT2D eigenvalue weighted by Gasteiger charge is -2.17. The molecule has 74 valence electrons. The first kappa shape index (κ1) is 10.2. The fourth-order valence-electron chi connectivity index (χ4n) is 1.01. The highest BCUT2D eigenvalue weighted by Gasteiger charge is 2.15. The molecule has 0 saturated heterocycles. The van der Waals surface area contributed by atoms with Crippen LogP contribution in [-0.2, 0) is 0 Å². The summed E-state index contributed by atoms with van der Waals surface area (Å²) in [6.07, 6.45) is 4.60. The van der Waals surface area contributed by atoms with E-state index in [4.69, 9.17) is 0 Å². The van der Waals surface area contributed by atoms with Crippen molar-refractivity contribution in [3.8, 4) is 0 Å². The minimum atomic E-state index is -0.206. The van der Waals surface area contributed by atoms with Crippen LogP contribution in [0.4, 0.5) is 0 Å². The maximum atomic E-state index is 11.7. The summed E-state index contributed by atoms with van der Waals surface area (Å²) in [7, 11) is 0. The van der Waals surface area contributed by atoms with Crippen molar-refractivity contribution < 1.29 is 4.79 Å². The van der Waals surface area contributed by atoms with Crippen LogP contribution in [0.25, 0.3) is 0 Å². The highest BCUT2D eigenvalue weighted by atomic mass is 16.2. The number of nitrogens with one attached hydrogen (secondary N) is 1. The summed E-state index contributed by atoms with van der Waals surface area (Å²) < 4.78 is 0. The number of nitrogens with zero attached hydrogens (tertiary/aromatic N) is 3. The smallest absolute Gasteiger partial charge is 0.291 e. The number of rotatable bonds is 5. The molecule has 0 radical (unpaired) electrons. The number of hydrogen-bond donors (Lipinski definition) is 1. The standard InChI is InChI=1S/C9H12N4O/c1-3-5-13(6-4-2)9(14)8-10-7-11-12-8/h3-4,7H,1-2,5-6H2,(H,10,11,12). The van der Waals surface area contributed by atoms with Gasteiger partial charge in [0.05, 0.1) is 0 Å². The molecule has 1 N–H and O–H groups in total. The lowest BCUT2D eigenvalue weighted by Crippen LogP contribution is -2.32. The summed E-state index contributed by atoms with van der Waals surface area (Å²) in [5, 5.41) is 6.12. The van der Waals surface area contributed by atoms with Crippen molar-refractivity contribution in [2.45, 2.75) is 0 Å². The molecule has 14 heavy (non-hydrogen) atoms. The van der Waals surface area contributed by atoms with E-state index < -0.39 is 0 Å². The fourth-order valence-corrected chi connectivity index (χ4v) is 1.01. The van der Waals surface area contributed by atoms with Gasteiger partial charge in [0.2, 0.25) is 5.82 Å². The first-order chi connectivity index (χ1) is 6.79. The van der Waals surface area contributed by atoms with Crippen LogP contribution < -0.4 is 0 Å². The first-order valence-corrected chi connectivity index (χ1v) is 4.16. The van der Waals surface area contributed by atoms with Gasteiger partial charge in [-0.15, -0.1) is 13.2 Å². The predicted octanol–water partition coefficient (Wildman–Crippen LogP) is 0.619. The Balaban J connectivity index is 2.72. The lowest BCUT2D eigenvalue weighted by molar-refractivity contribution is 0.0779. The zero-order chi connectivity index (χ0) is 10.4. The Bertz CT molecular complexity index is 308. The van der Waals surface area contributed by atoms with Gasteiger partial charge in [-0.25, -0.2) is 4.98 Å². The topological polar surface area (TPSA) is 61.9 Å². The first-order valence-electron chi connectivity index (χ1n) is 4.16. The minimum absolute atomic E-state index is 0.206. The number of carbonyl (C=O) groups is 1. The summed E-state index contributed by atoms with van der Waals surface area (Å²) in [5.41, 5.74) is 0. The van der Waals surface area contributed by atoms with Gasteiger partial charge in [0.15, 0.2) is 0 Å². The third-order valence-corrected chi connectivity index (χ3v) is 1.60. The molecule has 0 saturated carbocycles. The zero-order valence-electron chi connectivity index (χ0n) is 7.81. The molecule has 0 aliphatic rings. The maximum absolute atomic E-state index is 11.7. The van der Waals surface area contributed by atoms with Crippen LogP contribution in [0.3, 0.4) is 0 Å². The van der Waals surface area contributed by atoms with Gasteiger partial charge in [-0.1, -0.05) is 12.2 Å². The third kappa shape index (κ3) is 2.29. The van der Waals surface area contributed by atoms with Gasteiger partial charge in [0.25, 0.3) is 5.91 Å². The SMILES string of the molecule is C=CCN(CC=C)C(=O)c1ncn[nH]1. The number of H-pyrrole nitrogens is 1. The second-order valence-electron chi connectivity index (χ2n) is 2.62. The minimum Gasteiger partial charge on any atom is -0.329 e. The van der Waals surface area contributed by atoms with Crippen molar-refractivity contribution in [1.29, 1.82) is 0 Å². The Kier molecular flexibility index (Phi) is 3.60. The molecule has 1 heterocycles. The molecule has 1 aromatic heterocycles. The van der Waals surface area contributed by atoms with Gasteiger partial charge in [-0.2, -0.15) is 5.10 Å². The maximum Gasteiger partial charge on any atom is 0.291 e. The van der Waals surface area contributed by atoms with Crippen molar-refractivity contribution >= 4 is 5.91 Å². The molecular formula is C9H12N4O. The van der Waals surface area contributed by atoms with Gasteiger partial charge in [0.1, 0.15) is 6.33 Å². The summed E-state index contributed by atoms with van der Waals surface area (Å²) in [6, 6.07) is 0. The van der Waals surface area contributed by atoms with E-state index in [0.717, 1.165) is 0 Å². The van der Waals surface area contributed by atoms with Gasteiger partial charge in [0, 0.05) is 13.1 Å². The fraction of sp³-hybridized carbons (Fsp3) is 0.222. The number of hydrogen-bond acceptors (Lipinski definition) is 3. The summed E-state index contributed by atoms with van der Waals surface area (Å²) in [5.74, 6) is 0.0241. The summed E-state index contributed by atoms with van der Waals surface area (Å²) >= 11 is 0. The van der Waals surface area contributed by atoms with Gasteiger partial charge >= 0.3 is 0 Å². The highest BCUT2D eigenvalue weighted by Crippen LogP contribution is 1.97. The Morgan fingerprint density at radius 3 is 2.57 bits per heavy atom. The van der Waals surface area contributed by atoms with Crippen LogP contribution >= 0.6 is 0 Å². The van der Waals surface area contributed by atoms with Gasteiger partial charge in [-0.3, -0.25) is 9.89 Å². The van der Waals surface area contributed by atoms with E-state index in [2.05, 4.69) is 28.3 Å². The monoisotopic (exact) mass is 192 g/mol. The van der Waals surface area contributed by atoms with Crippen LogP contribution in [0.15, 0.2) is 31.6 Å². The highest BCUT2D eigenvalue weighted by molar-refractivity contribution is 5.90. The van der Waals surface area contributed by atoms with E-state index in [9.17, 15) is 4.79 Å². The van der Waals surface area contributed by atoms with Gasteiger partial charge in [-0.05, 0) is 0 Å². The van der Waals surface area contributed by atoms with Crippen molar-refractivity contribution in [2.24, 2.45) is 0 Å². The number of aromatic amines is 1. The molecule has 0 spiro atoms. The molecule has 1 aromatic rings. The molecule has 0 aromatic carbocycles. The molecular weight excluding hydrogens is 180 g/mol. The largest absolute Gasteiger partial charge is 0.329 e. The number of aromatic nitrogens is 3. The Labute approximate surface area is 82.1 Å². The quantitative estimate of drug-likeness (QED) is 0.695. The van der Waals surface area contributed by atoms with Crippen LogP contribution in [-0.4, -0.2) is 39.1 Å². The predicted molar refractivity (Wildman–Crippen MR) is 52.7 cm³/mol. The van der Waals surface area contributed by atoms with Crippen molar-refractivity contribution in [3.63, 3.8) is 0 Å². The normalized spacial score (nSPS) is 9.43. The van der Waals surface area contributed by atoms with Crippen LogP contribution in [0.2, 0.25) is 0 Å². The van der Waals surface area contributed by atoms with E-state index in [0.29, 0.717) is 13.1 Å². The molecule has 0 unspecified atom stereocenters. The average Bonchev–Trinajstić information content (AvgIpc) is 2.69. The second-order valence-corrected chi connectivity index (χ2v) is 2.62. The van der Waals surface area contributed by atoms with E-state index in [1.807, 2.05) is 0 Å². The van der Waals surface area contributed by atoms with Crippen LogP contribution in [0.1, 0.15) is 10.6 Å². The average molecular weight is 192 g/mol. The van der Waals surface area contributed by atoms with Crippen molar-refractivity contribution in [1.82, 2.24) is 20.1 Å². The Hall–Kier alpha value is -1.91. The van der Waals surface area contributed by atoms with Crippen LogP contribution in [0.5, 0.6) is 0 Å². The van der Waals surface area contributed by atoms with Gasteiger partial charge < -0.3 is 4.90 Å². The van der Waals surface area contributed by atoms with E-state index in [1.54, 1.807) is 17.1 Å². The van der Waals surface area contributed by atoms with Crippen LogP contribution in [0, 0.1) is 0 Å². The molecule has 0 atom stereocenters. The zero-order valence-corrected chi connectivity index (χ0v) is 7.81. The summed E-state index contributed by atoms with van der Waals surface area (Å²) in [4.78, 5) is 17.0. The molecule has 0 bridgehead atoms. The van der Waals surface area contributed by atoms with E-state index in [1.165, 1.54) is 6.33 Å². The number of carbonyl (C=O) groups excluding carboxylic acids is 1. The second kappa shape index (κ2) is 4.96. The molecule has 0 fully saturated rings. The molecule has 5 nitrogen and oxygen atoms in total. The molecule has 1 amide bonds. The molecule has 1 rings (SSSR count). The lowest BCUT2D eigenvalue weighted by atomic mass is 10.4.